The maximum Gasteiger partial charge on any atom is 0.244 e. The third-order valence-electron chi connectivity index (χ3n) is 2.74. The fourth-order valence-corrected chi connectivity index (χ4v) is 3.44. The summed E-state index contributed by atoms with van der Waals surface area (Å²) in [6, 6.07) is -0.103. The van der Waals surface area contributed by atoms with Crippen LogP contribution in [-0.2, 0) is 10.0 Å². The molecular formula is C12H24N4O2S. The van der Waals surface area contributed by atoms with Crippen LogP contribution in [0.4, 0.5) is 0 Å². The number of aryl methyl sites for hydroxylation is 1. The summed E-state index contributed by atoms with van der Waals surface area (Å²) in [6.07, 6.45) is 2.15. The first-order chi connectivity index (χ1) is 8.72. The van der Waals surface area contributed by atoms with Crippen molar-refractivity contribution < 1.29 is 8.42 Å². The van der Waals surface area contributed by atoms with Gasteiger partial charge in [0.25, 0.3) is 0 Å². The molecule has 0 fully saturated rings. The Morgan fingerprint density at radius 3 is 2.47 bits per heavy atom. The van der Waals surface area contributed by atoms with Gasteiger partial charge < -0.3 is 4.90 Å². The van der Waals surface area contributed by atoms with E-state index in [1.165, 1.54) is 6.20 Å². The molecule has 2 N–H and O–H groups in total. The van der Waals surface area contributed by atoms with Crippen LogP contribution in [0, 0.1) is 12.8 Å². The predicted octanol–water partition coefficient (Wildman–Crippen LogP) is 0.973. The molecule has 0 aliphatic rings. The minimum Gasteiger partial charge on any atom is -0.308 e. The highest BCUT2D eigenvalue weighted by molar-refractivity contribution is 7.89. The van der Waals surface area contributed by atoms with Crippen molar-refractivity contribution in [2.24, 2.45) is 5.92 Å². The molecule has 0 aliphatic heterocycles. The second-order valence-corrected chi connectivity index (χ2v) is 7.25. The number of hydrogen-bond acceptors (Lipinski definition) is 4. The zero-order chi connectivity index (χ0) is 14.6. The first-order valence-electron chi connectivity index (χ1n) is 6.39. The van der Waals surface area contributed by atoms with Crippen molar-refractivity contribution >= 4 is 10.0 Å². The van der Waals surface area contributed by atoms with Crippen LogP contribution in [0.5, 0.6) is 0 Å². The van der Waals surface area contributed by atoms with E-state index in [0.717, 1.165) is 6.42 Å². The Morgan fingerprint density at radius 2 is 2.05 bits per heavy atom. The molecule has 6 nitrogen and oxygen atoms in total. The standard InChI is InChI=1S/C12H24N4O2S/c1-9(2)6-11(8-16(4)5)15-19(17,18)12-7-13-14-10(12)3/h7,9,11,15H,6,8H2,1-5H3,(H,13,14). The minimum absolute atomic E-state index is 0.103. The lowest BCUT2D eigenvalue weighted by Crippen LogP contribution is -2.42. The molecule has 1 aromatic rings. The maximum absolute atomic E-state index is 12.3. The molecular weight excluding hydrogens is 264 g/mol. The normalized spacial score (nSPS) is 14.3. The molecule has 19 heavy (non-hydrogen) atoms. The van der Waals surface area contributed by atoms with Gasteiger partial charge >= 0.3 is 0 Å². The van der Waals surface area contributed by atoms with Gasteiger partial charge in [-0.3, -0.25) is 5.10 Å². The van der Waals surface area contributed by atoms with E-state index >= 15 is 0 Å². The second-order valence-electron chi connectivity index (χ2n) is 5.57. The Balaban J connectivity index is 2.86. The average Bonchev–Trinajstić information content (AvgIpc) is 2.61. The zero-order valence-electron chi connectivity index (χ0n) is 12.3. The van der Waals surface area contributed by atoms with Crippen molar-refractivity contribution in [2.45, 2.75) is 38.1 Å². The lowest BCUT2D eigenvalue weighted by molar-refractivity contribution is 0.329. The number of aromatic amines is 1. The van der Waals surface area contributed by atoms with E-state index in [1.807, 2.05) is 19.0 Å². The van der Waals surface area contributed by atoms with Crippen LogP contribution in [0.1, 0.15) is 26.0 Å². The largest absolute Gasteiger partial charge is 0.308 e. The number of H-pyrrole nitrogens is 1. The second kappa shape index (κ2) is 6.49. The Labute approximate surface area is 115 Å². The van der Waals surface area contributed by atoms with Crippen LogP contribution in [-0.4, -0.2) is 50.2 Å². The molecule has 1 rings (SSSR count). The first-order valence-corrected chi connectivity index (χ1v) is 7.87. The Morgan fingerprint density at radius 1 is 1.42 bits per heavy atom. The number of likely N-dealkylation sites (N-methyl/N-ethyl adjacent to an activating group) is 1. The summed E-state index contributed by atoms with van der Waals surface area (Å²) in [5.41, 5.74) is 0.556. The molecule has 0 aliphatic carbocycles. The van der Waals surface area contributed by atoms with E-state index in [1.54, 1.807) is 6.92 Å². The lowest BCUT2D eigenvalue weighted by Gasteiger charge is -2.23. The third-order valence-corrected chi connectivity index (χ3v) is 4.37. The van der Waals surface area contributed by atoms with Crippen molar-refractivity contribution in [1.82, 2.24) is 19.8 Å². The number of sulfonamides is 1. The van der Waals surface area contributed by atoms with Gasteiger partial charge in [0, 0.05) is 12.6 Å². The highest BCUT2D eigenvalue weighted by Crippen LogP contribution is 2.14. The predicted molar refractivity (Wildman–Crippen MR) is 75.4 cm³/mol. The van der Waals surface area contributed by atoms with Crippen LogP contribution in [0.3, 0.4) is 0 Å². The lowest BCUT2D eigenvalue weighted by atomic mass is 10.0. The summed E-state index contributed by atoms with van der Waals surface area (Å²) in [5.74, 6) is 0.429. The topological polar surface area (TPSA) is 78.1 Å². The molecule has 1 aromatic heterocycles. The summed E-state index contributed by atoms with van der Waals surface area (Å²) >= 11 is 0. The fraction of sp³-hybridized carbons (Fsp3) is 0.750. The van der Waals surface area contributed by atoms with Crippen molar-refractivity contribution in [1.29, 1.82) is 0 Å². The number of nitrogens with one attached hydrogen (secondary N) is 2. The Hall–Kier alpha value is -0.920. The minimum atomic E-state index is -3.51. The number of aromatic nitrogens is 2. The third kappa shape index (κ3) is 4.93. The molecule has 0 bridgehead atoms. The van der Waals surface area contributed by atoms with Crippen LogP contribution in [0.25, 0.3) is 0 Å². The quantitative estimate of drug-likeness (QED) is 0.784. The van der Waals surface area contributed by atoms with E-state index in [4.69, 9.17) is 0 Å². The number of hydrogen-bond donors (Lipinski definition) is 2. The summed E-state index contributed by atoms with van der Waals surface area (Å²) in [4.78, 5) is 2.21. The average molecular weight is 288 g/mol. The molecule has 0 spiro atoms. The van der Waals surface area contributed by atoms with Crippen molar-refractivity contribution in [3.63, 3.8) is 0 Å². The van der Waals surface area contributed by atoms with Gasteiger partial charge in [0.05, 0.1) is 11.9 Å². The molecule has 1 heterocycles. The molecule has 0 radical (unpaired) electrons. The summed E-state index contributed by atoms with van der Waals surface area (Å²) in [7, 11) is 0.362. The smallest absolute Gasteiger partial charge is 0.244 e. The Bertz CT molecular complexity index is 484. The number of rotatable bonds is 7. The molecule has 0 amide bonds. The van der Waals surface area contributed by atoms with Crippen molar-refractivity contribution in [3.8, 4) is 0 Å². The summed E-state index contributed by atoms with van der Waals surface area (Å²) in [6.45, 7) is 6.54. The molecule has 7 heteroatoms. The van der Waals surface area contributed by atoms with E-state index in [2.05, 4.69) is 28.8 Å². The first kappa shape index (κ1) is 16.1. The van der Waals surface area contributed by atoms with Crippen LogP contribution < -0.4 is 4.72 Å². The number of nitrogens with zero attached hydrogens (tertiary/aromatic N) is 2. The van der Waals surface area contributed by atoms with E-state index in [9.17, 15) is 8.42 Å². The van der Waals surface area contributed by atoms with Crippen LogP contribution >= 0.6 is 0 Å². The molecule has 0 saturated carbocycles. The van der Waals surface area contributed by atoms with Gasteiger partial charge in [0.2, 0.25) is 10.0 Å². The summed E-state index contributed by atoms with van der Waals surface area (Å²) in [5, 5.41) is 6.41. The SMILES string of the molecule is Cc1[nH]ncc1S(=O)(=O)NC(CC(C)C)CN(C)C. The van der Waals surface area contributed by atoms with E-state index < -0.39 is 10.0 Å². The van der Waals surface area contributed by atoms with Crippen LogP contribution in [0.15, 0.2) is 11.1 Å². The molecule has 1 atom stereocenters. The van der Waals surface area contributed by atoms with Gasteiger partial charge in [-0.2, -0.15) is 5.10 Å². The summed E-state index contributed by atoms with van der Waals surface area (Å²) < 4.78 is 27.4. The van der Waals surface area contributed by atoms with Gasteiger partial charge in [-0.15, -0.1) is 0 Å². The fourth-order valence-electron chi connectivity index (χ4n) is 2.06. The maximum atomic E-state index is 12.3. The molecule has 0 saturated heterocycles. The van der Waals surface area contributed by atoms with Crippen molar-refractivity contribution in [2.75, 3.05) is 20.6 Å². The monoisotopic (exact) mass is 288 g/mol. The van der Waals surface area contributed by atoms with E-state index in [-0.39, 0.29) is 10.9 Å². The van der Waals surface area contributed by atoms with Gasteiger partial charge in [0.15, 0.2) is 0 Å². The molecule has 0 aromatic carbocycles. The molecule has 1 unspecified atom stereocenters. The van der Waals surface area contributed by atoms with Crippen molar-refractivity contribution in [3.05, 3.63) is 11.9 Å². The van der Waals surface area contributed by atoms with Crippen LogP contribution in [0.2, 0.25) is 0 Å². The highest BCUT2D eigenvalue weighted by atomic mass is 32.2. The van der Waals surface area contributed by atoms with Gasteiger partial charge in [-0.25, -0.2) is 13.1 Å². The van der Waals surface area contributed by atoms with E-state index in [0.29, 0.717) is 18.2 Å². The van der Waals surface area contributed by atoms with Gasteiger partial charge in [-0.05, 0) is 33.4 Å². The van der Waals surface area contributed by atoms with Gasteiger partial charge in [-0.1, -0.05) is 13.8 Å². The zero-order valence-corrected chi connectivity index (χ0v) is 13.1. The van der Waals surface area contributed by atoms with Gasteiger partial charge in [0.1, 0.15) is 4.90 Å². The highest BCUT2D eigenvalue weighted by Gasteiger charge is 2.23. The molecule has 110 valence electrons. The Kier molecular flexibility index (Phi) is 5.51.